The summed E-state index contributed by atoms with van der Waals surface area (Å²) in [6.45, 7) is 6.62. The Hall–Kier alpha value is -1.56. The van der Waals surface area contributed by atoms with Gasteiger partial charge in [0.25, 0.3) is 0 Å². The van der Waals surface area contributed by atoms with E-state index >= 15 is 0 Å². The first-order valence-electron chi connectivity index (χ1n) is 6.70. The van der Waals surface area contributed by atoms with E-state index in [1.54, 1.807) is 7.11 Å². The van der Waals surface area contributed by atoms with Crippen molar-refractivity contribution in [3.63, 3.8) is 0 Å². The van der Waals surface area contributed by atoms with Crippen molar-refractivity contribution in [1.82, 2.24) is 9.97 Å². The number of ether oxygens (including phenoxy) is 1. The van der Waals surface area contributed by atoms with Gasteiger partial charge in [0.15, 0.2) is 11.6 Å². The maximum atomic E-state index is 5.39. The van der Waals surface area contributed by atoms with Crippen molar-refractivity contribution in [3.8, 4) is 5.75 Å². The van der Waals surface area contributed by atoms with E-state index in [0.29, 0.717) is 23.4 Å². The number of nitrogen functional groups attached to an aromatic ring is 1. The van der Waals surface area contributed by atoms with Gasteiger partial charge in [-0.2, -0.15) is 0 Å². The zero-order valence-corrected chi connectivity index (χ0v) is 12.2. The Balaban J connectivity index is 2.60. The van der Waals surface area contributed by atoms with Gasteiger partial charge >= 0.3 is 0 Å². The van der Waals surface area contributed by atoms with E-state index in [1.165, 1.54) is 19.2 Å². The van der Waals surface area contributed by atoms with Crippen LogP contribution in [-0.4, -0.2) is 23.1 Å². The van der Waals surface area contributed by atoms with E-state index in [0.717, 1.165) is 12.3 Å². The minimum absolute atomic E-state index is 0.327. The smallest absolute Gasteiger partial charge is 0.205 e. The molecule has 0 amide bonds. The van der Waals surface area contributed by atoms with E-state index in [9.17, 15) is 0 Å². The van der Waals surface area contributed by atoms with Crippen LogP contribution in [0.15, 0.2) is 6.33 Å². The van der Waals surface area contributed by atoms with Gasteiger partial charge < -0.3 is 15.5 Å². The number of aromatic nitrogens is 2. The van der Waals surface area contributed by atoms with Crippen molar-refractivity contribution in [2.45, 2.75) is 46.1 Å². The topological polar surface area (TPSA) is 85.1 Å². The summed E-state index contributed by atoms with van der Waals surface area (Å²) >= 11 is 0. The lowest BCUT2D eigenvalue weighted by atomic mass is 10.0. The second-order valence-corrected chi connectivity index (χ2v) is 5.12. The molecule has 0 radical (unpaired) electrons. The number of methoxy groups -OCH3 is 1. The summed E-state index contributed by atoms with van der Waals surface area (Å²) in [5.74, 6) is 7.83. The van der Waals surface area contributed by atoms with Crippen molar-refractivity contribution >= 4 is 11.6 Å². The van der Waals surface area contributed by atoms with Crippen LogP contribution in [0.4, 0.5) is 11.6 Å². The van der Waals surface area contributed by atoms with Crippen LogP contribution in [0.3, 0.4) is 0 Å². The Kier molecular flexibility index (Phi) is 6.35. The molecule has 0 aliphatic carbocycles. The van der Waals surface area contributed by atoms with Gasteiger partial charge in [-0.1, -0.05) is 26.7 Å². The number of rotatable bonds is 8. The monoisotopic (exact) mass is 267 g/mol. The minimum Gasteiger partial charge on any atom is -0.490 e. The Bertz CT molecular complexity index is 383. The summed E-state index contributed by atoms with van der Waals surface area (Å²) in [6, 6.07) is 0.327. The molecule has 1 aromatic heterocycles. The number of hydrogen-bond donors (Lipinski definition) is 3. The normalized spacial score (nSPS) is 12.3. The van der Waals surface area contributed by atoms with Crippen molar-refractivity contribution in [3.05, 3.63) is 6.33 Å². The maximum absolute atomic E-state index is 5.39. The van der Waals surface area contributed by atoms with Crippen LogP contribution in [0.25, 0.3) is 0 Å². The predicted octanol–water partition coefficient (Wildman–Crippen LogP) is 2.40. The summed E-state index contributed by atoms with van der Waals surface area (Å²) in [5.41, 5.74) is 2.50. The largest absolute Gasteiger partial charge is 0.490 e. The van der Waals surface area contributed by atoms with Crippen LogP contribution in [0.1, 0.15) is 40.0 Å². The highest BCUT2D eigenvalue weighted by Crippen LogP contribution is 2.28. The fourth-order valence-corrected chi connectivity index (χ4v) is 1.91. The molecule has 6 heteroatoms. The summed E-state index contributed by atoms with van der Waals surface area (Å²) in [6.07, 6.45) is 4.99. The third-order valence-corrected chi connectivity index (χ3v) is 2.95. The molecule has 0 saturated carbocycles. The van der Waals surface area contributed by atoms with E-state index in [-0.39, 0.29) is 0 Å². The van der Waals surface area contributed by atoms with Crippen LogP contribution >= 0.6 is 0 Å². The van der Waals surface area contributed by atoms with Crippen molar-refractivity contribution < 1.29 is 4.74 Å². The molecule has 0 saturated heterocycles. The summed E-state index contributed by atoms with van der Waals surface area (Å²) in [4.78, 5) is 8.21. The molecule has 0 aliphatic rings. The van der Waals surface area contributed by atoms with E-state index < -0.39 is 0 Å². The average molecular weight is 267 g/mol. The highest BCUT2D eigenvalue weighted by Gasteiger charge is 2.13. The van der Waals surface area contributed by atoms with Crippen LogP contribution in [0.5, 0.6) is 5.75 Å². The van der Waals surface area contributed by atoms with Crippen molar-refractivity contribution in [1.29, 1.82) is 0 Å². The lowest BCUT2D eigenvalue weighted by molar-refractivity contribution is 0.413. The number of hydrogen-bond acceptors (Lipinski definition) is 6. The van der Waals surface area contributed by atoms with Gasteiger partial charge in [-0.05, 0) is 19.3 Å². The van der Waals surface area contributed by atoms with Crippen molar-refractivity contribution in [2.75, 3.05) is 17.9 Å². The molecular formula is C13H25N5O. The zero-order chi connectivity index (χ0) is 14.3. The Morgan fingerprint density at radius 2 is 1.89 bits per heavy atom. The quantitative estimate of drug-likeness (QED) is 0.495. The van der Waals surface area contributed by atoms with Crippen LogP contribution < -0.4 is 21.3 Å². The molecule has 1 atom stereocenters. The van der Waals surface area contributed by atoms with Gasteiger partial charge in [0.2, 0.25) is 5.75 Å². The summed E-state index contributed by atoms with van der Waals surface area (Å²) < 4.78 is 5.28. The number of nitrogens with one attached hydrogen (secondary N) is 2. The predicted molar refractivity (Wildman–Crippen MR) is 78.2 cm³/mol. The molecule has 0 spiro atoms. The van der Waals surface area contributed by atoms with E-state index in [4.69, 9.17) is 10.6 Å². The van der Waals surface area contributed by atoms with Gasteiger partial charge in [0, 0.05) is 6.04 Å². The molecule has 0 bridgehead atoms. The van der Waals surface area contributed by atoms with Gasteiger partial charge in [0.1, 0.15) is 6.33 Å². The van der Waals surface area contributed by atoms with E-state index in [2.05, 4.69) is 41.5 Å². The lowest BCUT2D eigenvalue weighted by Crippen LogP contribution is -2.18. The highest BCUT2D eigenvalue weighted by molar-refractivity contribution is 5.63. The SMILES string of the molecule is COc1c(NN)ncnc1NC(C)CCCC(C)C. The molecule has 108 valence electrons. The Morgan fingerprint density at radius 3 is 2.47 bits per heavy atom. The third kappa shape index (κ3) is 4.90. The maximum Gasteiger partial charge on any atom is 0.205 e. The fraction of sp³-hybridized carbons (Fsp3) is 0.692. The highest BCUT2D eigenvalue weighted by atomic mass is 16.5. The third-order valence-electron chi connectivity index (χ3n) is 2.95. The number of nitrogens with zero attached hydrogens (tertiary/aromatic N) is 2. The first-order chi connectivity index (χ1) is 9.08. The van der Waals surface area contributed by atoms with Gasteiger partial charge in [-0.3, -0.25) is 0 Å². The molecule has 1 unspecified atom stereocenters. The molecule has 1 rings (SSSR count). The molecule has 4 N–H and O–H groups in total. The molecule has 0 fully saturated rings. The first kappa shape index (κ1) is 15.5. The molecular weight excluding hydrogens is 242 g/mol. The minimum atomic E-state index is 0.327. The zero-order valence-electron chi connectivity index (χ0n) is 12.2. The number of hydrazine groups is 1. The second kappa shape index (κ2) is 7.78. The summed E-state index contributed by atoms with van der Waals surface area (Å²) in [5, 5.41) is 3.34. The van der Waals surface area contributed by atoms with Crippen LogP contribution in [0, 0.1) is 5.92 Å². The fourth-order valence-electron chi connectivity index (χ4n) is 1.91. The average Bonchev–Trinajstić information content (AvgIpc) is 2.37. The molecule has 6 nitrogen and oxygen atoms in total. The molecule has 0 aliphatic heterocycles. The number of anilines is 2. The Labute approximate surface area is 115 Å². The number of nitrogens with two attached hydrogens (primary N) is 1. The first-order valence-corrected chi connectivity index (χ1v) is 6.70. The molecule has 1 heterocycles. The van der Waals surface area contributed by atoms with Gasteiger partial charge in [0.05, 0.1) is 7.11 Å². The summed E-state index contributed by atoms with van der Waals surface area (Å²) in [7, 11) is 1.58. The lowest BCUT2D eigenvalue weighted by Gasteiger charge is -2.17. The van der Waals surface area contributed by atoms with Crippen LogP contribution in [-0.2, 0) is 0 Å². The standard InChI is InChI=1S/C13H25N5O/c1-9(2)6-5-7-10(3)17-12-11(19-4)13(18-14)16-8-15-12/h8-10H,5-7,14H2,1-4H3,(H2,15,16,17,18). The second-order valence-electron chi connectivity index (χ2n) is 5.12. The van der Waals surface area contributed by atoms with Crippen LogP contribution in [0.2, 0.25) is 0 Å². The van der Waals surface area contributed by atoms with Gasteiger partial charge in [-0.25, -0.2) is 15.8 Å². The van der Waals surface area contributed by atoms with E-state index in [1.807, 2.05) is 0 Å². The van der Waals surface area contributed by atoms with Crippen molar-refractivity contribution in [2.24, 2.45) is 11.8 Å². The molecule has 0 aromatic carbocycles. The molecule has 19 heavy (non-hydrogen) atoms. The van der Waals surface area contributed by atoms with Gasteiger partial charge in [-0.15, -0.1) is 0 Å². The molecule has 1 aromatic rings. The Morgan fingerprint density at radius 1 is 1.21 bits per heavy atom.